The van der Waals surface area contributed by atoms with Crippen molar-refractivity contribution >= 4 is 22.1 Å². The van der Waals surface area contributed by atoms with Crippen LogP contribution >= 0.6 is 0 Å². The monoisotopic (exact) mass is 234 g/mol. The first-order valence-corrected chi connectivity index (χ1v) is 5.89. The molecular formula is C16H14N2. The van der Waals surface area contributed by atoms with Crippen LogP contribution in [0.4, 0.5) is 11.4 Å². The van der Waals surface area contributed by atoms with E-state index in [9.17, 15) is 0 Å². The minimum Gasteiger partial charge on any atom is -0.399 e. The molecule has 0 aromatic heterocycles. The highest BCUT2D eigenvalue weighted by Gasteiger charge is 2.07. The maximum Gasteiger partial charge on any atom is 0.0400 e. The molecule has 2 nitrogen and oxygen atoms in total. The van der Waals surface area contributed by atoms with Gasteiger partial charge in [-0.2, -0.15) is 0 Å². The van der Waals surface area contributed by atoms with Crippen molar-refractivity contribution in [3.05, 3.63) is 60.7 Å². The molecule has 4 N–H and O–H groups in total. The number of hydrogen-bond acceptors (Lipinski definition) is 2. The summed E-state index contributed by atoms with van der Waals surface area (Å²) in [7, 11) is 0. The van der Waals surface area contributed by atoms with E-state index >= 15 is 0 Å². The van der Waals surface area contributed by atoms with Crippen LogP contribution in [0.15, 0.2) is 60.7 Å². The van der Waals surface area contributed by atoms with Crippen molar-refractivity contribution in [3.8, 4) is 11.1 Å². The van der Waals surface area contributed by atoms with Gasteiger partial charge in [0, 0.05) is 16.9 Å². The summed E-state index contributed by atoms with van der Waals surface area (Å²) < 4.78 is 0. The number of nitrogens with two attached hydrogens (primary N) is 2. The van der Waals surface area contributed by atoms with Gasteiger partial charge in [-0.25, -0.2) is 0 Å². The van der Waals surface area contributed by atoms with Gasteiger partial charge in [-0.15, -0.1) is 0 Å². The molecule has 3 rings (SSSR count). The lowest BCUT2D eigenvalue weighted by Gasteiger charge is -2.10. The van der Waals surface area contributed by atoms with Gasteiger partial charge < -0.3 is 11.5 Å². The van der Waals surface area contributed by atoms with Crippen LogP contribution in [0.25, 0.3) is 21.9 Å². The van der Waals surface area contributed by atoms with E-state index < -0.39 is 0 Å². The van der Waals surface area contributed by atoms with Crippen LogP contribution in [0.2, 0.25) is 0 Å². The summed E-state index contributed by atoms with van der Waals surface area (Å²) in [5, 5.41) is 2.36. The summed E-state index contributed by atoms with van der Waals surface area (Å²) in [6.07, 6.45) is 0. The first-order valence-electron chi connectivity index (χ1n) is 5.89. The molecule has 0 fully saturated rings. The molecule has 0 heterocycles. The summed E-state index contributed by atoms with van der Waals surface area (Å²) in [5.74, 6) is 0. The first kappa shape index (κ1) is 10.7. The lowest BCUT2D eigenvalue weighted by molar-refractivity contribution is 1.63. The minimum absolute atomic E-state index is 0.762. The highest BCUT2D eigenvalue weighted by molar-refractivity contribution is 6.02. The number of rotatable bonds is 1. The maximum atomic E-state index is 6.13. The smallest absolute Gasteiger partial charge is 0.0400 e. The fraction of sp³-hybridized carbons (Fsp3) is 0. The van der Waals surface area contributed by atoms with Gasteiger partial charge in [0.1, 0.15) is 0 Å². The quantitative estimate of drug-likeness (QED) is 0.631. The van der Waals surface area contributed by atoms with Gasteiger partial charge in [0.05, 0.1) is 0 Å². The molecule has 0 spiro atoms. The molecule has 3 aromatic rings. The van der Waals surface area contributed by atoms with Gasteiger partial charge >= 0.3 is 0 Å². The van der Waals surface area contributed by atoms with Crippen LogP contribution in [0, 0.1) is 0 Å². The van der Waals surface area contributed by atoms with Crippen molar-refractivity contribution in [1.82, 2.24) is 0 Å². The zero-order valence-electron chi connectivity index (χ0n) is 9.93. The van der Waals surface area contributed by atoms with Crippen LogP contribution in [-0.2, 0) is 0 Å². The van der Waals surface area contributed by atoms with Gasteiger partial charge in [0.2, 0.25) is 0 Å². The van der Waals surface area contributed by atoms with E-state index in [1.165, 1.54) is 10.8 Å². The molecule has 18 heavy (non-hydrogen) atoms. The number of benzene rings is 3. The van der Waals surface area contributed by atoms with E-state index in [0.29, 0.717) is 0 Å². The number of fused-ring (bicyclic) bond motifs is 1. The number of hydrogen-bond donors (Lipinski definition) is 2. The van der Waals surface area contributed by atoms with Crippen molar-refractivity contribution in [2.24, 2.45) is 0 Å². The Labute approximate surface area is 106 Å². The Morgan fingerprint density at radius 3 is 2.17 bits per heavy atom. The maximum absolute atomic E-state index is 6.13. The fourth-order valence-electron chi connectivity index (χ4n) is 2.26. The average molecular weight is 234 g/mol. The lowest BCUT2D eigenvalue weighted by Crippen LogP contribution is -1.92. The highest BCUT2D eigenvalue weighted by Crippen LogP contribution is 2.34. The summed E-state index contributed by atoms with van der Waals surface area (Å²) in [6, 6.07) is 20.1. The van der Waals surface area contributed by atoms with Crippen LogP contribution in [0.5, 0.6) is 0 Å². The molecule has 3 aromatic carbocycles. The molecule has 0 aliphatic heterocycles. The molecule has 0 saturated heterocycles. The van der Waals surface area contributed by atoms with Crippen LogP contribution in [0.3, 0.4) is 0 Å². The molecule has 0 radical (unpaired) electrons. The molecule has 0 bridgehead atoms. The van der Waals surface area contributed by atoms with Gasteiger partial charge in [-0.1, -0.05) is 42.5 Å². The highest BCUT2D eigenvalue weighted by atomic mass is 14.6. The van der Waals surface area contributed by atoms with Crippen LogP contribution in [-0.4, -0.2) is 0 Å². The normalized spacial score (nSPS) is 10.7. The predicted molar refractivity (Wildman–Crippen MR) is 78.2 cm³/mol. The van der Waals surface area contributed by atoms with Gasteiger partial charge in [-0.3, -0.25) is 0 Å². The molecule has 0 aliphatic carbocycles. The Morgan fingerprint density at radius 2 is 1.39 bits per heavy atom. The Hall–Kier alpha value is -2.48. The standard InChI is InChI=1S/C16H14N2/c17-13-8-5-12(6-9-13)16-14-4-2-1-3-11(14)7-10-15(16)18/h1-10H,17-18H2. The van der Waals surface area contributed by atoms with E-state index in [1.807, 2.05) is 48.5 Å². The summed E-state index contributed by atoms with van der Waals surface area (Å²) in [6.45, 7) is 0. The van der Waals surface area contributed by atoms with E-state index in [-0.39, 0.29) is 0 Å². The molecule has 2 heteroatoms. The van der Waals surface area contributed by atoms with Crippen molar-refractivity contribution in [2.75, 3.05) is 11.5 Å². The third kappa shape index (κ3) is 1.68. The van der Waals surface area contributed by atoms with E-state index in [4.69, 9.17) is 11.5 Å². The van der Waals surface area contributed by atoms with Crippen molar-refractivity contribution in [2.45, 2.75) is 0 Å². The fourth-order valence-corrected chi connectivity index (χ4v) is 2.26. The van der Waals surface area contributed by atoms with Crippen molar-refractivity contribution < 1.29 is 0 Å². The van der Waals surface area contributed by atoms with Crippen molar-refractivity contribution in [1.29, 1.82) is 0 Å². The molecule has 0 aliphatic rings. The largest absolute Gasteiger partial charge is 0.399 e. The number of anilines is 2. The average Bonchev–Trinajstić information content (AvgIpc) is 2.40. The van der Waals surface area contributed by atoms with Crippen LogP contribution < -0.4 is 11.5 Å². The second kappa shape index (κ2) is 4.08. The van der Waals surface area contributed by atoms with Gasteiger partial charge in [0.25, 0.3) is 0 Å². The predicted octanol–water partition coefficient (Wildman–Crippen LogP) is 3.67. The van der Waals surface area contributed by atoms with Gasteiger partial charge in [0.15, 0.2) is 0 Å². The topological polar surface area (TPSA) is 52.0 Å². The molecular weight excluding hydrogens is 220 g/mol. The summed E-state index contributed by atoms with van der Waals surface area (Å²) in [4.78, 5) is 0. The van der Waals surface area contributed by atoms with Crippen molar-refractivity contribution in [3.63, 3.8) is 0 Å². The minimum atomic E-state index is 0.762. The Kier molecular flexibility index (Phi) is 2.41. The first-order chi connectivity index (χ1) is 8.75. The van der Waals surface area contributed by atoms with Crippen LogP contribution in [0.1, 0.15) is 0 Å². The number of nitrogen functional groups attached to an aromatic ring is 2. The SMILES string of the molecule is Nc1ccc(-c2c(N)ccc3ccccc23)cc1. The second-order valence-corrected chi connectivity index (χ2v) is 4.37. The lowest BCUT2D eigenvalue weighted by atomic mass is 9.96. The van der Waals surface area contributed by atoms with Gasteiger partial charge in [-0.05, 0) is 34.5 Å². The molecule has 0 unspecified atom stereocenters. The molecule has 0 atom stereocenters. The van der Waals surface area contributed by atoms with E-state index in [0.717, 1.165) is 22.5 Å². The molecule has 0 saturated carbocycles. The second-order valence-electron chi connectivity index (χ2n) is 4.37. The Bertz CT molecular complexity index is 700. The van der Waals surface area contributed by atoms with E-state index in [2.05, 4.69) is 12.1 Å². The third-order valence-corrected chi connectivity index (χ3v) is 3.16. The molecule has 0 amide bonds. The van der Waals surface area contributed by atoms with E-state index in [1.54, 1.807) is 0 Å². The zero-order valence-corrected chi connectivity index (χ0v) is 9.93. The Morgan fingerprint density at radius 1 is 0.667 bits per heavy atom. The Balaban J connectivity index is 2.33. The summed E-state index contributed by atoms with van der Waals surface area (Å²) in [5.41, 5.74) is 15.6. The molecule has 88 valence electrons. The third-order valence-electron chi connectivity index (χ3n) is 3.16. The summed E-state index contributed by atoms with van der Waals surface area (Å²) >= 11 is 0. The zero-order chi connectivity index (χ0) is 12.5.